The van der Waals surface area contributed by atoms with Crippen molar-refractivity contribution >= 4 is 27.3 Å². The first-order valence-electron chi connectivity index (χ1n) is 4.20. The molecular formula is C10H9BrO2S. The van der Waals surface area contributed by atoms with Gasteiger partial charge in [0.1, 0.15) is 5.76 Å². The van der Waals surface area contributed by atoms with Crippen molar-refractivity contribution in [1.29, 1.82) is 0 Å². The zero-order chi connectivity index (χ0) is 9.97. The summed E-state index contributed by atoms with van der Waals surface area (Å²) in [5, 5.41) is 13.7. The summed E-state index contributed by atoms with van der Waals surface area (Å²) in [5.41, 5.74) is 0.947. The Morgan fingerprint density at radius 2 is 2.29 bits per heavy atom. The first-order chi connectivity index (χ1) is 6.75. The number of furan rings is 1. The molecule has 1 atom stereocenters. The first kappa shape index (κ1) is 9.96. The summed E-state index contributed by atoms with van der Waals surface area (Å²) in [7, 11) is 0. The number of rotatable bonds is 3. The fourth-order valence-corrected chi connectivity index (χ4v) is 2.28. The zero-order valence-corrected chi connectivity index (χ0v) is 9.72. The molecule has 0 bridgehead atoms. The Morgan fingerprint density at radius 1 is 1.43 bits per heavy atom. The van der Waals surface area contributed by atoms with E-state index in [1.807, 2.05) is 29.0 Å². The Kier molecular flexibility index (Phi) is 3.05. The molecule has 14 heavy (non-hydrogen) atoms. The molecule has 2 heterocycles. The number of aliphatic hydroxyl groups is 1. The van der Waals surface area contributed by atoms with Crippen LogP contribution in [0, 0.1) is 0 Å². The summed E-state index contributed by atoms with van der Waals surface area (Å²) >= 11 is 4.81. The van der Waals surface area contributed by atoms with Crippen LogP contribution in [0.25, 0.3) is 0 Å². The monoisotopic (exact) mass is 272 g/mol. The van der Waals surface area contributed by atoms with Gasteiger partial charge in [-0.2, -0.15) is 11.3 Å². The van der Waals surface area contributed by atoms with Gasteiger partial charge < -0.3 is 9.52 Å². The molecule has 1 N–H and O–H groups in total. The predicted molar refractivity (Wildman–Crippen MR) is 59.4 cm³/mol. The standard InChI is InChI=1S/C10H9BrO2S/c11-10-2-1-8(13-10)5-9(12)7-3-4-14-6-7/h1-4,6,9,12H,5H2. The van der Waals surface area contributed by atoms with Crippen LogP contribution in [0.15, 0.2) is 38.0 Å². The van der Waals surface area contributed by atoms with Crippen LogP contribution in [0.2, 0.25) is 0 Å². The Morgan fingerprint density at radius 3 is 2.86 bits per heavy atom. The van der Waals surface area contributed by atoms with Crippen molar-refractivity contribution in [3.63, 3.8) is 0 Å². The summed E-state index contributed by atoms with van der Waals surface area (Å²) < 4.78 is 6.01. The third-order valence-electron chi connectivity index (χ3n) is 1.95. The average molecular weight is 273 g/mol. The largest absolute Gasteiger partial charge is 0.454 e. The lowest BCUT2D eigenvalue weighted by molar-refractivity contribution is 0.170. The van der Waals surface area contributed by atoms with Gasteiger partial charge in [0.05, 0.1) is 6.10 Å². The van der Waals surface area contributed by atoms with E-state index in [2.05, 4.69) is 15.9 Å². The first-order valence-corrected chi connectivity index (χ1v) is 5.93. The topological polar surface area (TPSA) is 33.4 Å². The SMILES string of the molecule is OC(Cc1ccc(Br)o1)c1ccsc1. The Hall–Kier alpha value is -0.580. The summed E-state index contributed by atoms with van der Waals surface area (Å²) in [6.45, 7) is 0. The van der Waals surface area contributed by atoms with Gasteiger partial charge in [-0.15, -0.1) is 0 Å². The van der Waals surface area contributed by atoms with Crippen molar-refractivity contribution in [2.24, 2.45) is 0 Å². The predicted octanol–water partition coefficient (Wildman–Crippen LogP) is 3.38. The molecule has 2 aromatic rings. The molecule has 2 aromatic heterocycles. The number of halogens is 1. The Bertz CT molecular complexity index is 394. The van der Waals surface area contributed by atoms with Gasteiger partial charge in [0.25, 0.3) is 0 Å². The summed E-state index contributed by atoms with van der Waals surface area (Å²) in [4.78, 5) is 0. The van der Waals surface area contributed by atoms with E-state index < -0.39 is 6.10 Å². The van der Waals surface area contributed by atoms with E-state index in [-0.39, 0.29) is 0 Å². The van der Waals surface area contributed by atoms with E-state index in [0.717, 1.165) is 11.3 Å². The molecule has 0 saturated carbocycles. The lowest BCUT2D eigenvalue weighted by Crippen LogP contribution is -1.98. The highest BCUT2D eigenvalue weighted by Gasteiger charge is 2.11. The van der Waals surface area contributed by atoms with Gasteiger partial charge in [-0.1, -0.05) is 0 Å². The minimum atomic E-state index is -0.473. The molecule has 1 unspecified atom stereocenters. The fourth-order valence-electron chi connectivity index (χ4n) is 1.23. The van der Waals surface area contributed by atoms with Crippen molar-refractivity contribution in [2.45, 2.75) is 12.5 Å². The Balaban J connectivity index is 2.05. The highest BCUT2D eigenvalue weighted by Crippen LogP contribution is 2.23. The maximum absolute atomic E-state index is 9.80. The van der Waals surface area contributed by atoms with Crippen molar-refractivity contribution in [3.8, 4) is 0 Å². The molecule has 0 aliphatic rings. The summed E-state index contributed by atoms with van der Waals surface area (Å²) in [5.74, 6) is 0.788. The van der Waals surface area contributed by atoms with Crippen molar-refractivity contribution < 1.29 is 9.52 Å². The molecule has 0 spiro atoms. The highest BCUT2D eigenvalue weighted by molar-refractivity contribution is 9.10. The molecule has 0 saturated heterocycles. The van der Waals surface area contributed by atoms with Gasteiger partial charge in [-0.05, 0) is 50.5 Å². The van der Waals surface area contributed by atoms with Crippen LogP contribution in [0.1, 0.15) is 17.4 Å². The molecule has 0 radical (unpaired) electrons. The van der Waals surface area contributed by atoms with Gasteiger partial charge in [-0.25, -0.2) is 0 Å². The third kappa shape index (κ3) is 2.26. The van der Waals surface area contributed by atoms with Gasteiger partial charge in [-0.3, -0.25) is 0 Å². The zero-order valence-electron chi connectivity index (χ0n) is 7.31. The van der Waals surface area contributed by atoms with Crippen LogP contribution >= 0.6 is 27.3 Å². The van der Waals surface area contributed by atoms with E-state index in [9.17, 15) is 5.11 Å². The van der Waals surface area contributed by atoms with Gasteiger partial charge in [0.2, 0.25) is 0 Å². The van der Waals surface area contributed by atoms with Gasteiger partial charge >= 0.3 is 0 Å². The number of hydrogen-bond donors (Lipinski definition) is 1. The normalized spacial score (nSPS) is 13.0. The maximum Gasteiger partial charge on any atom is 0.169 e. The molecule has 2 nitrogen and oxygen atoms in total. The minimum absolute atomic E-state index is 0.473. The minimum Gasteiger partial charge on any atom is -0.454 e. The molecule has 0 aromatic carbocycles. The number of aliphatic hydroxyl groups excluding tert-OH is 1. The molecule has 4 heteroatoms. The van der Waals surface area contributed by atoms with E-state index >= 15 is 0 Å². The quantitative estimate of drug-likeness (QED) is 0.930. The van der Waals surface area contributed by atoms with Crippen molar-refractivity contribution in [1.82, 2.24) is 0 Å². The third-order valence-corrected chi connectivity index (χ3v) is 3.08. The van der Waals surface area contributed by atoms with Crippen LogP contribution in [0.3, 0.4) is 0 Å². The maximum atomic E-state index is 9.80. The fraction of sp³-hybridized carbons (Fsp3) is 0.200. The molecule has 2 rings (SSSR count). The molecule has 0 aliphatic carbocycles. The molecule has 0 amide bonds. The lowest BCUT2D eigenvalue weighted by atomic mass is 10.1. The van der Waals surface area contributed by atoms with Crippen LogP contribution < -0.4 is 0 Å². The van der Waals surface area contributed by atoms with Crippen molar-refractivity contribution in [2.75, 3.05) is 0 Å². The lowest BCUT2D eigenvalue weighted by Gasteiger charge is -2.05. The van der Waals surface area contributed by atoms with E-state index in [1.54, 1.807) is 11.3 Å². The smallest absolute Gasteiger partial charge is 0.169 e. The molecule has 74 valence electrons. The van der Waals surface area contributed by atoms with Crippen LogP contribution in [0.5, 0.6) is 0 Å². The number of thiophene rings is 1. The van der Waals surface area contributed by atoms with E-state index in [0.29, 0.717) is 11.1 Å². The van der Waals surface area contributed by atoms with E-state index in [4.69, 9.17) is 4.42 Å². The molecule has 0 fully saturated rings. The Labute approximate surface area is 94.3 Å². The second kappa shape index (κ2) is 4.29. The number of hydrogen-bond acceptors (Lipinski definition) is 3. The second-order valence-electron chi connectivity index (χ2n) is 2.98. The van der Waals surface area contributed by atoms with Crippen LogP contribution in [-0.2, 0) is 6.42 Å². The molecular weight excluding hydrogens is 264 g/mol. The second-order valence-corrected chi connectivity index (χ2v) is 4.54. The van der Waals surface area contributed by atoms with Crippen LogP contribution in [-0.4, -0.2) is 5.11 Å². The van der Waals surface area contributed by atoms with Crippen molar-refractivity contribution in [3.05, 3.63) is 45.0 Å². The van der Waals surface area contributed by atoms with Gasteiger partial charge in [0, 0.05) is 6.42 Å². The summed E-state index contributed by atoms with van der Waals surface area (Å²) in [6, 6.07) is 5.61. The highest BCUT2D eigenvalue weighted by atomic mass is 79.9. The summed E-state index contributed by atoms with van der Waals surface area (Å²) in [6.07, 6.45) is 0.0433. The van der Waals surface area contributed by atoms with Gasteiger partial charge in [0.15, 0.2) is 4.67 Å². The van der Waals surface area contributed by atoms with Crippen LogP contribution in [0.4, 0.5) is 0 Å². The van der Waals surface area contributed by atoms with E-state index in [1.165, 1.54) is 0 Å². The molecule has 0 aliphatic heterocycles. The average Bonchev–Trinajstić information content (AvgIpc) is 2.75.